The molecule has 0 bridgehead atoms. The lowest BCUT2D eigenvalue weighted by molar-refractivity contribution is -0.116. The van der Waals surface area contributed by atoms with Crippen molar-refractivity contribution in [3.63, 3.8) is 0 Å². The molecule has 0 aliphatic rings. The van der Waals surface area contributed by atoms with Crippen molar-refractivity contribution in [1.29, 1.82) is 0 Å². The highest BCUT2D eigenvalue weighted by atomic mass is 32.2. The highest BCUT2D eigenvalue weighted by Crippen LogP contribution is 2.17. The smallest absolute Gasteiger partial charge is 0.242 e. The average Bonchev–Trinajstić information content (AvgIpc) is 2.29. The molecule has 1 aromatic rings. The van der Waals surface area contributed by atoms with Crippen molar-refractivity contribution < 1.29 is 13.2 Å². The molecule has 0 spiro atoms. The fraction of sp³-hybridized carbons (Fsp3) is 0.364. The normalized spacial score (nSPS) is 11.6. The number of nitrogens with two attached hydrogens (primary N) is 1. The van der Waals surface area contributed by atoms with Gasteiger partial charge in [0.2, 0.25) is 15.9 Å². The van der Waals surface area contributed by atoms with Crippen LogP contribution in [0, 0.1) is 0 Å². The zero-order valence-corrected chi connectivity index (χ0v) is 11.2. The lowest BCUT2D eigenvalue weighted by atomic mass is 10.3. The van der Waals surface area contributed by atoms with Crippen LogP contribution < -0.4 is 11.1 Å². The zero-order chi connectivity index (χ0) is 13.8. The number of nitrogens with one attached hydrogen (secondary N) is 1. The fourth-order valence-corrected chi connectivity index (χ4v) is 2.25. The Bertz CT molecular complexity index is 526. The predicted molar refractivity (Wildman–Crippen MR) is 69.6 cm³/mol. The summed E-state index contributed by atoms with van der Waals surface area (Å²) < 4.78 is 24.9. The third-order valence-corrected chi connectivity index (χ3v) is 4.08. The number of amides is 1. The van der Waals surface area contributed by atoms with Gasteiger partial charge < -0.3 is 11.1 Å². The Hall–Kier alpha value is -1.44. The van der Waals surface area contributed by atoms with Crippen molar-refractivity contribution in [1.82, 2.24) is 4.31 Å². The van der Waals surface area contributed by atoms with Crippen LogP contribution in [0.15, 0.2) is 29.2 Å². The molecule has 18 heavy (non-hydrogen) atoms. The van der Waals surface area contributed by atoms with E-state index in [0.29, 0.717) is 5.69 Å². The molecule has 7 heteroatoms. The maximum atomic E-state index is 11.9. The van der Waals surface area contributed by atoms with Crippen molar-refractivity contribution in [2.75, 3.05) is 26.0 Å². The molecule has 0 unspecified atom stereocenters. The Balaban J connectivity index is 2.97. The van der Waals surface area contributed by atoms with Crippen LogP contribution in [0.1, 0.15) is 6.42 Å². The van der Waals surface area contributed by atoms with E-state index in [1.165, 1.54) is 26.2 Å². The van der Waals surface area contributed by atoms with Crippen LogP contribution in [0.25, 0.3) is 0 Å². The summed E-state index contributed by atoms with van der Waals surface area (Å²) in [5.41, 5.74) is 5.70. The molecule has 6 nitrogen and oxygen atoms in total. The highest BCUT2D eigenvalue weighted by Gasteiger charge is 2.17. The van der Waals surface area contributed by atoms with Crippen LogP contribution in [-0.2, 0) is 14.8 Å². The van der Waals surface area contributed by atoms with Gasteiger partial charge in [0.15, 0.2) is 0 Å². The molecule has 0 heterocycles. The third kappa shape index (κ3) is 3.52. The number of anilines is 1. The molecule has 0 fully saturated rings. The Morgan fingerprint density at radius 3 is 2.61 bits per heavy atom. The van der Waals surface area contributed by atoms with Crippen LogP contribution >= 0.6 is 0 Å². The summed E-state index contributed by atoms with van der Waals surface area (Å²) in [6, 6.07) is 6.11. The van der Waals surface area contributed by atoms with Crippen molar-refractivity contribution in [3.05, 3.63) is 24.3 Å². The van der Waals surface area contributed by atoms with Gasteiger partial charge in [0, 0.05) is 32.7 Å². The molecule has 3 N–H and O–H groups in total. The lowest BCUT2D eigenvalue weighted by Crippen LogP contribution is -2.22. The molecule has 0 atom stereocenters. The van der Waals surface area contributed by atoms with Crippen LogP contribution in [0.5, 0.6) is 0 Å². The monoisotopic (exact) mass is 271 g/mol. The second-order valence-electron chi connectivity index (χ2n) is 3.90. The molecule has 1 amide bonds. The van der Waals surface area contributed by atoms with Gasteiger partial charge in [0.25, 0.3) is 0 Å². The highest BCUT2D eigenvalue weighted by molar-refractivity contribution is 7.89. The van der Waals surface area contributed by atoms with Gasteiger partial charge in [-0.05, 0) is 18.2 Å². The molecule has 0 aliphatic carbocycles. The van der Waals surface area contributed by atoms with E-state index >= 15 is 0 Å². The van der Waals surface area contributed by atoms with Gasteiger partial charge in [-0.25, -0.2) is 12.7 Å². The number of carbonyl (C=O) groups excluding carboxylic acids is 1. The van der Waals surface area contributed by atoms with Gasteiger partial charge in [-0.2, -0.15) is 0 Å². The molecule has 100 valence electrons. The number of hydrogen-bond donors (Lipinski definition) is 2. The van der Waals surface area contributed by atoms with Crippen molar-refractivity contribution in [3.8, 4) is 0 Å². The predicted octanol–water partition coefficient (Wildman–Crippen LogP) is 0.224. The molecule has 0 radical (unpaired) electrons. The SMILES string of the molecule is CN(C)S(=O)(=O)c1cccc(NC(=O)CCN)c1. The quantitative estimate of drug-likeness (QED) is 0.801. The van der Waals surface area contributed by atoms with Crippen LogP contribution in [0.4, 0.5) is 5.69 Å². The summed E-state index contributed by atoms with van der Waals surface area (Å²) in [6.07, 6.45) is 0.199. The number of hydrogen-bond acceptors (Lipinski definition) is 4. The van der Waals surface area contributed by atoms with Gasteiger partial charge in [-0.15, -0.1) is 0 Å². The summed E-state index contributed by atoms with van der Waals surface area (Å²) in [5, 5.41) is 2.59. The van der Waals surface area contributed by atoms with E-state index in [1.807, 2.05) is 0 Å². The molecular formula is C11H17N3O3S. The van der Waals surface area contributed by atoms with E-state index in [9.17, 15) is 13.2 Å². The summed E-state index contributed by atoms with van der Waals surface area (Å²) in [4.78, 5) is 11.5. The van der Waals surface area contributed by atoms with Crippen molar-refractivity contribution in [2.24, 2.45) is 5.73 Å². The van der Waals surface area contributed by atoms with Gasteiger partial charge in [0.05, 0.1) is 4.90 Å². The summed E-state index contributed by atoms with van der Waals surface area (Å²) >= 11 is 0. The molecule has 1 rings (SSSR count). The zero-order valence-electron chi connectivity index (χ0n) is 10.4. The summed E-state index contributed by atoms with van der Waals surface area (Å²) in [7, 11) is -0.583. The van der Waals surface area contributed by atoms with E-state index in [0.717, 1.165) is 4.31 Å². The number of rotatable bonds is 5. The standard InChI is InChI=1S/C11H17N3O3S/c1-14(2)18(16,17)10-5-3-4-9(8-10)13-11(15)6-7-12/h3-5,8H,6-7,12H2,1-2H3,(H,13,15). The fourth-order valence-electron chi connectivity index (χ4n) is 1.30. The van der Waals surface area contributed by atoms with E-state index in [4.69, 9.17) is 5.73 Å². The molecule has 1 aromatic carbocycles. The first-order valence-corrected chi connectivity index (χ1v) is 6.84. The molecule has 0 aliphatic heterocycles. The Morgan fingerprint density at radius 1 is 1.39 bits per heavy atom. The molecular weight excluding hydrogens is 254 g/mol. The first-order valence-electron chi connectivity index (χ1n) is 5.40. The third-order valence-electron chi connectivity index (χ3n) is 2.27. The van der Waals surface area contributed by atoms with E-state index in [1.54, 1.807) is 12.1 Å². The molecule has 0 aromatic heterocycles. The van der Waals surface area contributed by atoms with Crippen molar-refractivity contribution in [2.45, 2.75) is 11.3 Å². The maximum Gasteiger partial charge on any atom is 0.242 e. The first-order chi connectivity index (χ1) is 8.37. The lowest BCUT2D eigenvalue weighted by Gasteiger charge is -2.12. The molecule has 0 saturated heterocycles. The summed E-state index contributed by atoms with van der Waals surface area (Å²) in [5.74, 6) is -0.239. The topological polar surface area (TPSA) is 92.5 Å². The minimum absolute atomic E-state index is 0.137. The number of sulfonamides is 1. The van der Waals surface area contributed by atoms with Gasteiger partial charge >= 0.3 is 0 Å². The Kier molecular flexibility index (Phi) is 4.83. The van der Waals surface area contributed by atoms with Gasteiger partial charge in [0.1, 0.15) is 0 Å². The number of nitrogens with zero attached hydrogens (tertiary/aromatic N) is 1. The van der Waals surface area contributed by atoms with Gasteiger partial charge in [-0.3, -0.25) is 4.79 Å². The van der Waals surface area contributed by atoms with Gasteiger partial charge in [-0.1, -0.05) is 6.07 Å². The largest absolute Gasteiger partial charge is 0.330 e. The second kappa shape index (κ2) is 5.94. The van der Waals surface area contributed by atoms with E-state index in [2.05, 4.69) is 5.32 Å². The minimum atomic E-state index is -3.49. The summed E-state index contributed by atoms with van der Waals surface area (Å²) in [6.45, 7) is 0.252. The number of benzene rings is 1. The number of carbonyl (C=O) groups is 1. The first kappa shape index (κ1) is 14.6. The van der Waals surface area contributed by atoms with E-state index in [-0.39, 0.29) is 23.8 Å². The molecule has 0 saturated carbocycles. The Labute approximate surface area is 107 Å². The Morgan fingerprint density at radius 2 is 2.06 bits per heavy atom. The van der Waals surface area contributed by atoms with E-state index < -0.39 is 10.0 Å². The minimum Gasteiger partial charge on any atom is -0.330 e. The van der Waals surface area contributed by atoms with Crippen LogP contribution in [0.3, 0.4) is 0 Å². The van der Waals surface area contributed by atoms with Crippen LogP contribution in [0.2, 0.25) is 0 Å². The second-order valence-corrected chi connectivity index (χ2v) is 6.05. The van der Waals surface area contributed by atoms with Crippen molar-refractivity contribution >= 4 is 21.6 Å². The average molecular weight is 271 g/mol. The van der Waals surface area contributed by atoms with Crippen LogP contribution in [-0.4, -0.2) is 39.3 Å². The maximum absolute atomic E-state index is 11.9.